The summed E-state index contributed by atoms with van der Waals surface area (Å²) < 4.78 is 52.3. The van der Waals surface area contributed by atoms with Crippen molar-refractivity contribution in [2.45, 2.75) is 75.0 Å². The highest BCUT2D eigenvalue weighted by atomic mass is 32.2. The maximum atomic E-state index is 14.5. The summed E-state index contributed by atoms with van der Waals surface area (Å²) in [6.45, 7) is 4.27. The first kappa shape index (κ1) is 30.5. The number of nitrogens with zero attached hydrogens (tertiary/aromatic N) is 1. The zero-order chi connectivity index (χ0) is 29.9. The van der Waals surface area contributed by atoms with Crippen molar-refractivity contribution >= 4 is 16.1 Å². The van der Waals surface area contributed by atoms with Crippen LogP contribution in [0.15, 0.2) is 53.4 Å². The number of carboxylic acid groups (broad SMARTS) is 1. The van der Waals surface area contributed by atoms with Crippen LogP contribution in [0.2, 0.25) is 0 Å². The lowest BCUT2D eigenvalue weighted by molar-refractivity contribution is -0.192. The molecule has 0 radical (unpaired) electrons. The van der Waals surface area contributed by atoms with Gasteiger partial charge in [0.15, 0.2) is 17.8 Å². The van der Waals surface area contributed by atoms with Gasteiger partial charge >= 0.3 is 6.09 Å². The summed E-state index contributed by atoms with van der Waals surface area (Å²) in [4.78, 5) is 18.1. The monoisotopic (exact) mass is 606 g/mol. The number of hydrogen-bond acceptors (Lipinski definition) is 9. The van der Waals surface area contributed by atoms with Crippen molar-refractivity contribution in [3.63, 3.8) is 0 Å². The number of benzene rings is 2. The lowest BCUT2D eigenvalue weighted by Gasteiger charge is -2.41. The number of aliphatic hydroxyl groups is 1. The summed E-state index contributed by atoms with van der Waals surface area (Å²) in [5.74, 6) is -0.0912. The van der Waals surface area contributed by atoms with Crippen LogP contribution in [0.25, 0.3) is 0 Å². The minimum Gasteiger partial charge on any atom is -0.465 e. The fraction of sp³-hybridized carbons (Fsp3) is 0.552. The van der Waals surface area contributed by atoms with E-state index in [9.17, 15) is 23.4 Å². The molecule has 3 heterocycles. The van der Waals surface area contributed by atoms with Crippen molar-refractivity contribution in [2.75, 3.05) is 20.0 Å². The molecule has 0 aromatic heterocycles. The van der Waals surface area contributed by atoms with E-state index in [1.165, 1.54) is 18.2 Å². The minimum atomic E-state index is -4.44. The Labute approximate surface area is 245 Å². The van der Waals surface area contributed by atoms with Gasteiger partial charge in [0.2, 0.25) is 6.79 Å². The molecule has 0 saturated carbocycles. The van der Waals surface area contributed by atoms with Crippen molar-refractivity contribution in [3.05, 3.63) is 54.1 Å². The fourth-order valence-electron chi connectivity index (χ4n) is 5.92. The number of aliphatic hydroxyl groups excluding tert-OH is 1. The first-order valence-electron chi connectivity index (χ1n) is 14.3. The molecule has 2 aromatic rings. The molecular weight excluding hydrogens is 568 g/mol. The second kappa shape index (κ2) is 13.1. The molecule has 0 aliphatic carbocycles. The number of carbonyl (C=O) groups is 1. The number of sulfonamides is 1. The summed E-state index contributed by atoms with van der Waals surface area (Å²) in [6.07, 6.45) is -2.19. The van der Waals surface area contributed by atoms with Gasteiger partial charge in [-0.3, -0.25) is 4.84 Å². The molecule has 12 nitrogen and oxygen atoms in total. The molecule has 1 unspecified atom stereocenters. The van der Waals surface area contributed by atoms with Crippen LogP contribution in [0, 0.1) is 11.8 Å². The van der Waals surface area contributed by atoms with Gasteiger partial charge in [-0.05, 0) is 43.4 Å². The van der Waals surface area contributed by atoms with Crippen LogP contribution in [0.4, 0.5) is 4.79 Å². The third kappa shape index (κ3) is 6.36. The Balaban J connectivity index is 1.60. The van der Waals surface area contributed by atoms with E-state index < -0.39 is 52.6 Å². The van der Waals surface area contributed by atoms with Crippen LogP contribution in [0.5, 0.6) is 11.5 Å². The van der Waals surface area contributed by atoms with Gasteiger partial charge in [-0.1, -0.05) is 48.6 Å². The second-order valence-corrected chi connectivity index (χ2v) is 12.5. The van der Waals surface area contributed by atoms with Gasteiger partial charge in [-0.2, -0.15) is 0 Å². The number of amides is 1. The summed E-state index contributed by atoms with van der Waals surface area (Å²) in [6, 6.07) is 11.1. The minimum absolute atomic E-state index is 0.0291. The third-order valence-electron chi connectivity index (χ3n) is 8.18. The van der Waals surface area contributed by atoms with Crippen LogP contribution in [-0.4, -0.2) is 79.8 Å². The van der Waals surface area contributed by atoms with Crippen LogP contribution >= 0.6 is 0 Å². The molecule has 42 heavy (non-hydrogen) atoms. The Morgan fingerprint density at radius 3 is 2.55 bits per heavy atom. The molecule has 13 heteroatoms. The molecule has 0 spiro atoms. The van der Waals surface area contributed by atoms with Gasteiger partial charge in [0, 0.05) is 17.9 Å². The van der Waals surface area contributed by atoms with E-state index in [2.05, 4.69) is 5.32 Å². The van der Waals surface area contributed by atoms with Gasteiger partial charge in [-0.15, -0.1) is 0 Å². The molecule has 3 aliphatic rings. The number of hydrogen-bond donors (Lipinski definition) is 3. The van der Waals surface area contributed by atoms with Crippen molar-refractivity contribution in [2.24, 2.45) is 11.8 Å². The van der Waals surface area contributed by atoms with E-state index in [4.69, 9.17) is 23.8 Å². The molecule has 2 saturated heterocycles. The summed E-state index contributed by atoms with van der Waals surface area (Å²) >= 11 is 0. The van der Waals surface area contributed by atoms with Crippen molar-refractivity contribution in [1.82, 2.24) is 9.79 Å². The molecule has 6 atom stereocenters. The van der Waals surface area contributed by atoms with Crippen LogP contribution in [-0.2, 0) is 30.8 Å². The normalized spacial score (nSPS) is 23.6. The predicted octanol–water partition coefficient (Wildman–Crippen LogP) is 3.14. The Morgan fingerprint density at radius 2 is 1.83 bits per heavy atom. The highest BCUT2D eigenvalue weighted by Crippen LogP contribution is 2.43. The van der Waals surface area contributed by atoms with E-state index in [1.54, 1.807) is 0 Å². The van der Waals surface area contributed by atoms with Crippen LogP contribution < -0.4 is 14.8 Å². The Kier molecular flexibility index (Phi) is 9.55. The average molecular weight is 607 g/mol. The fourth-order valence-corrected chi connectivity index (χ4v) is 7.46. The SMILES string of the molecule is CCC(CC)ON(C([C@H](O)[C@H](Cc1ccccc1)NC(=O)O)[C@@H]1CO[C@H]2OCC[C@H]21)S(=O)(=O)c1ccc2c(c1)OCO2. The highest BCUT2D eigenvalue weighted by molar-refractivity contribution is 7.89. The van der Waals surface area contributed by atoms with Gasteiger partial charge in [-0.25, -0.2) is 13.2 Å². The van der Waals surface area contributed by atoms with Crippen molar-refractivity contribution in [3.8, 4) is 11.5 Å². The molecule has 2 aromatic carbocycles. The largest absolute Gasteiger partial charge is 0.465 e. The maximum Gasteiger partial charge on any atom is 0.404 e. The molecule has 2 fully saturated rings. The molecule has 5 rings (SSSR count). The highest BCUT2D eigenvalue weighted by Gasteiger charge is 2.53. The van der Waals surface area contributed by atoms with E-state index in [0.29, 0.717) is 31.6 Å². The summed E-state index contributed by atoms with van der Waals surface area (Å²) in [5.41, 5.74) is 0.768. The van der Waals surface area contributed by atoms with E-state index in [1.807, 2.05) is 44.2 Å². The van der Waals surface area contributed by atoms with Crippen LogP contribution in [0.1, 0.15) is 38.7 Å². The zero-order valence-electron chi connectivity index (χ0n) is 23.6. The maximum absolute atomic E-state index is 14.5. The first-order chi connectivity index (χ1) is 20.2. The van der Waals surface area contributed by atoms with Crippen LogP contribution in [0.3, 0.4) is 0 Å². The van der Waals surface area contributed by atoms with Crippen molar-refractivity contribution in [1.29, 1.82) is 0 Å². The standard InChI is InChI=1S/C29H38N2O10S/c1-3-19(4-2)41-31(42(35,36)20-10-11-24-25(15-20)40-17-39-24)26(22-16-38-28-21(22)12-13-37-28)27(32)23(30-29(33)34)14-18-8-6-5-7-9-18/h5-11,15,19,21-23,26-28,30,32H,3-4,12-14,16-17H2,1-2H3,(H,33,34)/t21-,22+,23-,26?,27+,28+/m0/s1. The predicted molar refractivity (Wildman–Crippen MR) is 149 cm³/mol. The summed E-state index contributed by atoms with van der Waals surface area (Å²) in [7, 11) is -4.44. The number of ether oxygens (including phenoxy) is 4. The molecule has 1 amide bonds. The molecular formula is C29H38N2O10S. The Bertz CT molecular complexity index is 1320. The first-order valence-corrected chi connectivity index (χ1v) is 15.7. The molecule has 3 aliphatic heterocycles. The van der Waals surface area contributed by atoms with Crippen molar-refractivity contribution < 1.29 is 47.2 Å². The second-order valence-electron chi connectivity index (χ2n) is 10.7. The molecule has 0 bridgehead atoms. The zero-order valence-corrected chi connectivity index (χ0v) is 24.4. The number of hydroxylamine groups is 1. The van der Waals surface area contributed by atoms with Gasteiger partial charge in [0.05, 0.1) is 42.4 Å². The van der Waals surface area contributed by atoms with E-state index >= 15 is 0 Å². The Morgan fingerprint density at radius 1 is 1.10 bits per heavy atom. The molecule has 3 N–H and O–H groups in total. The number of nitrogens with one attached hydrogen (secondary N) is 1. The number of rotatable bonds is 13. The van der Waals surface area contributed by atoms with Gasteiger partial charge in [0.25, 0.3) is 10.0 Å². The smallest absolute Gasteiger partial charge is 0.404 e. The average Bonchev–Trinajstić information content (AvgIpc) is 3.73. The van der Waals surface area contributed by atoms with Gasteiger partial charge in [0.1, 0.15) is 0 Å². The van der Waals surface area contributed by atoms with E-state index in [-0.39, 0.29) is 36.4 Å². The Hall–Kier alpha value is -2.94. The lowest BCUT2D eigenvalue weighted by Crippen LogP contribution is -2.60. The van der Waals surface area contributed by atoms with E-state index in [0.717, 1.165) is 10.0 Å². The molecule has 230 valence electrons. The topological polar surface area (TPSA) is 153 Å². The van der Waals surface area contributed by atoms with Gasteiger partial charge < -0.3 is 34.5 Å². The quantitative estimate of drug-likeness (QED) is 0.290. The number of fused-ring (bicyclic) bond motifs is 2. The lowest BCUT2D eigenvalue weighted by atomic mass is 9.82. The third-order valence-corrected chi connectivity index (χ3v) is 9.83. The summed E-state index contributed by atoms with van der Waals surface area (Å²) in [5, 5.41) is 24.3.